The predicted molar refractivity (Wildman–Crippen MR) is 136 cm³/mol. The van der Waals surface area contributed by atoms with Gasteiger partial charge in [-0.1, -0.05) is 23.9 Å². The molecule has 1 aromatic carbocycles. The normalized spacial score (nSPS) is 20.3. The van der Waals surface area contributed by atoms with Crippen LogP contribution in [0.4, 0.5) is 0 Å². The van der Waals surface area contributed by atoms with Gasteiger partial charge in [-0.2, -0.15) is 0 Å². The van der Waals surface area contributed by atoms with Gasteiger partial charge in [-0.3, -0.25) is 19.3 Å². The van der Waals surface area contributed by atoms with E-state index in [1.165, 1.54) is 52.7 Å². The first kappa shape index (κ1) is 27.4. The van der Waals surface area contributed by atoms with Crippen LogP contribution in [0, 0.1) is 0 Å². The van der Waals surface area contributed by atoms with E-state index in [-0.39, 0.29) is 35.9 Å². The Balaban J connectivity index is 1.53. The zero-order chi connectivity index (χ0) is 27.4. The number of aromatic amines is 1. The molecule has 1 aromatic heterocycles. The van der Waals surface area contributed by atoms with Gasteiger partial charge >= 0.3 is 5.97 Å². The molecular weight excluding hydrogens is 536 g/mol. The molecule has 3 amide bonds. The minimum absolute atomic E-state index is 0.0237. The van der Waals surface area contributed by atoms with E-state index in [0.29, 0.717) is 22.8 Å². The van der Waals surface area contributed by atoms with Gasteiger partial charge in [0.25, 0.3) is 5.91 Å². The number of β-lactam (4-membered cyclic amide) rings is 1. The van der Waals surface area contributed by atoms with Crippen LogP contribution >= 0.6 is 23.5 Å². The van der Waals surface area contributed by atoms with E-state index < -0.39 is 40.5 Å². The van der Waals surface area contributed by atoms with Crippen LogP contribution in [-0.2, 0) is 19.2 Å². The van der Waals surface area contributed by atoms with Crippen LogP contribution in [0.15, 0.2) is 40.7 Å². The van der Waals surface area contributed by atoms with E-state index in [0.717, 1.165) is 0 Å². The van der Waals surface area contributed by atoms with Crippen molar-refractivity contribution in [3.05, 3.63) is 41.1 Å². The van der Waals surface area contributed by atoms with Crippen molar-refractivity contribution in [1.82, 2.24) is 36.2 Å². The molecule has 2 aliphatic heterocycles. The summed E-state index contributed by atoms with van der Waals surface area (Å²) in [7, 11) is 0. The van der Waals surface area contributed by atoms with Gasteiger partial charge in [0.2, 0.25) is 17.0 Å². The topological polar surface area (TPSA) is 217 Å². The van der Waals surface area contributed by atoms with Crippen molar-refractivity contribution in [3.63, 3.8) is 0 Å². The molecule has 0 radical (unpaired) electrons. The zero-order valence-corrected chi connectivity index (χ0v) is 21.8. The smallest absolute Gasteiger partial charge is 0.352 e. The molecule has 4 atom stereocenters. The number of amides is 3. The number of nitrogens with zero attached hydrogens (tertiary/aromatic N) is 4. The van der Waals surface area contributed by atoms with E-state index in [1.54, 1.807) is 6.92 Å². The summed E-state index contributed by atoms with van der Waals surface area (Å²) in [6, 6.07) is 3.77. The maximum Gasteiger partial charge on any atom is 0.352 e. The third-order valence-electron chi connectivity index (χ3n) is 6.01. The van der Waals surface area contributed by atoms with Crippen LogP contribution in [0.1, 0.15) is 31.4 Å². The van der Waals surface area contributed by atoms with Gasteiger partial charge in [0.15, 0.2) is 0 Å². The van der Waals surface area contributed by atoms with Gasteiger partial charge in [-0.25, -0.2) is 9.89 Å². The summed E-state index contributed by atoms with van der Waals surface area (Å²) in [5.74, 6) is -2.37. The van der Waals surface area contributed by atoms with Crippen molar-refractivity contribution >= 4 is 47.2 Å². The van der Waals surface area contributed by atoms with Gasteiger partial charge in [0.1, 0.15) is 28.9 Å². The lowest BCUT2D eigenvalue weighted by molar-refractivity contribution is -0.150. The van der Waals surface area contributed by atoms with Gasteiger partial charge in [0.05, 0.1) is 0 Å². The van der Waals surface area contributed by atoms with Crippen molar-refractivity contribution in [2.75, 3.05) is 12.3 Å². The maximum atomic E-state index is 13.1. The Morgan fingerprint density at radius 1 is 1.32 bits per heavy atom. The number of hydrogen-bond acceptors (Lipinski definition) is 11. The second-order valence-corrected chi connectivity index (χ2v) is 10.7. The van der Waals surface area contributed by atoms with E-state index in [4.69, 9.17) is 5.73 Å². The number of H-pyrrole nitrogens is 1. The van der Waals surface area contributed by atoms with Crippen molar-refractivity contribution in [3.8, 4) is 5.75 Å². The standard InChI is InChI=1S/C22H26N8O6S2/c1-2-24-14(32)8-7-13(38-22-26-28-29-27-22)12-9-37-20-16(19(34)30(20)17(12)21(35)36)25-18(33)15(23)10-3-5-11(31)6-4-10/h3-6,13,15-16,20,31H,2,7-9,23H2,1H3,(H,24,32)(H,25,33)(H,35,36)(H,26,27,28,29)/t13?,15?,16?,20-/m0/s1. The molecule has 3 heterocycles. The number of benzene rings is 1. The van der Waals surface area contributed by atoms with Crippen LogP contribution in [0.5, 0.6) is 5.75 Å². The lowest BCUT2D eigenvalue weighted by atomic mass is 9.99. The van der Waals surface area contributed by atoms with Crippen LogP contribution in [0.3, 0.4) is 0 Å². The summed E-state index contributed by atoms with van der Waals surface area (Å²) in [5, 5.41) is 37.6. The number of carboxylic acids is 1. The molecule has 0 spiro atoms. The fraction of sp³-hybridized carbons (Fsp3) is 0.409. The lowest BCUT2D eigenvalue weighted by Gasteiger charge is -2.50. The van der Waals surface area contributed by atoms with Gasteiger partial charge < -0.3 is 26.6 Å². The summed E-state index contributed by atoms with van der Waals surface area (Å²) in [5.41, 5.74) is 6.76. The second-order valence-electron chi connectivity index (χ2n) is 8.45. The number of fused-ring (bicyclic) bond motifs is 1. The average Bonchev–Trinajstić information content (AvgIpc) is 3.42. The molecule has 1 fully saturated rings. The molecule has 4 rings (SSSR count). The number of tetrazole rings is 1. The van der Waals surface area contributed by atoms with Crippen molar-refractivity contribution in [2.45, 2.75) is 47.6 Å². The fourth-order valence-corrected chi connectivity index (χ4v) is 6.70. The number of nitrogens with two attached hydrogens (primary N) is 1. The third kappa shape index (κ3) is 5.76. The Labute approximate surface area is 225 Å². The highest BCUT2D eigenvalue weighted by Gasteiger charge is 2.55. The van der Waals surface area contributed by atoms with E-state index in [1.807, 2.05) is 0 Å². The third-order valence-corrected chi connectivity index (χ3v) is 8.51. The molecule has 3 unspecified atom stereocenters. The highest BCUT2D eigenvalue weighted by atomic mass is 32.2. The molecule has 7 N–H and O–H groups in total. The number of aromatic hydroxyl groups is 1. The van der Waals surface area contributed by atoms with Crippen LogP contribution in [-0.4, -0.2) is 88.4 Å². The van der Waals surface area contributed by atoms with Gasteiger partial charge in [-0.15, -0.1) is 16.9 Å². The molecule has 14 nitrogen and oxygen atoms in total. The SMILES string of the molecule is CCNC(=O)CCC(Sc1nnn[nH]1)C1=C(C(=O)O)N2C(=O)C(NC(=O)C(N)c3ccc(O)cc3)[C@@H]2SC1. The number of phenols is 1. The number of hydrogen-bond donors (Lipinski definition) is 6. The molecular formula is C22H26N8O6S2. The number of rotatable bonds is 11. The monoisotopic (exact) mass is 562 g/mol. The van der Waals surface area contributed by atoms with E-state index in [2.05, 4.69) is 31.3 Å². The Kier molecular flexibility index (Phi) is 8.53. The molecule has 16 heteroatoms. The first-order valence-corrected chi connectivity index (χ1v) is 13.6. The molecule has 2 aromatic rings. The van der Waals surface area contributed by atoms with E-state index in [9.17, 15) is 29.4 Å². The zero-order valence-electron chi connectivity index (χ0n) is 20.2. The number of carboxylic acid groups (broad SMARTS) is 1. The Bertz CT molecular complexity index is 1240. The van der Waals surface area contributed by atoms with Gasteiger partial charge in [-0.05, 0) is 47.0 Å². The predicted octanol–water partition coefficient (Wildman–Crippen LogP) is -0.279. The number of carbonyl (C=O) groups is 4. The quantitative estimate of drug-likeness (QED) is 0.154. The Morgan fingerprint density at radius 2 is 2.05 bits per heavy atom. The first-order valence-electron chi connectivity index (χ1n) is 11.6. The molecule has 2 aliphatic rings. The van der Waals surface area contributed by atoms with Crippen molar-refractivity contribution in [2.24, 2.45) is 5.73 Å². The highest BCUT2D eigenvalue weighted by molar-refractivity contribution is 8.01. The van der Waals surface area contributed by atoms with Crippen LogP contribution in [0.2, 0.25) is 0 Å². The van der Waals surface area contributed by atoms with E-state index >= 15 is 0 Å². The summed E-state index contributed by atoms with van der Waals surface area (Å²) >= 11 is 2.49. The average molecular weight is 563 g/mol. The van der Waals surface area contributed by atoms with Gasteiger partial charge in [0, 0.05) is 24.0 Å². The number of aromatic nitrogens is 4. The molecule has 1 saturated heterocycles. The van der Waals surface area contributed by atoms with Crippen LogP contribution < -0.4 is 16.4 Å². The summed E-state index contributed by atoms with van der Waals surface area (Å²) in [6.07, 6.45) is 0.428. The first-order chi connectivity index (χ1) is 18.2. The number of thioether (sulfide) groups is 2. The highest BCUT2D eigenvalue weighted by Crippen LogP contribution is 2.44. The molecule has 0 aliphatic carbocycles. The minimum atomic E-state index is -1.29. The summed E-state index contributed by atoms with van der Waals surface area (Å²) < 4.78 is 0. The lowest BCUT2D eigenvalue weighted by Crippen LogP contribution is -2.71. The number of phenolic OH excluding ortho intramolecular Hbond substituents is 1. The minimum Gasteiger partial charge on any atom is -0.508 e. The molecule has 38 heavy (non-hydrogen) atoms. The molecule has 0 saturated carbocycles. The van der Waals surface area contributed by atoms with Crippen LogP contribution in [0.25, 0.3) is 0 Å². The van der Waals surface area contributed by atoms with Crippen molar-refractivity contribution < 1.29 is 29.4 Å². The maximum absolute atomic E-state index is 13.1. The molecule has 202 valence electrons. The number of aliphatic carboxylic acids is 1. The summed E-state index contributed by atoms with van der Waals surface area (Å²) in [4.78, 5) is 51.5. The Hall–Kier alpha value is -3.63. The fourth-order valence-electron chi connectivity index (χ4n) is 4.15. The second kappa shape index (κ2) is 11.8. The molecule has 0 bridgehead atoms. The summed E-state index contributed by atoms with van der Waals surface area (Å²) in [6.45, 7) is 2.27. The number of carbonyl (C=O) groups excluding carboxylic acids is 3. The Morgan fingerprint density at radius 3 is 2.68 bits per heavy atom. The largest absolute Gasteiger partial charge is 0.508 e. The van der Waals surface area contributed by atoms with Crippen molar-refractivity contribution in [1.29, 1.82) is 0 Å². The number of nitrogens with one attached hydrogen (secondary N) is 3.